The van der Waals surface area contributed by atoms with Gasteiger partial charge in [0.15, 0.2) is 0 Å². The zero-order valence-electron chi connectivity index (χ0n) is 25.8. The van der Waals surface area contributed by atoms with Gasteiger partial charge in [0.25, 0.3) is 5.69 Å². The first-order valence-corrected chi connectivity index (χ1v) is 14.9. The lowest BCUT2D eigenvalue weighted by Gasteiger charge is -2.09. The molecule has 0 aliphatic rings. The van der Waals surface area contributed by atoms with Gasteiger partial charge in [-0.1, -0.05) is 0 Å². The van der Waals surface area contributed by atoms with Crippen LogP contribution in [0.1, 0.15) is 13.3 Å². The van der Waals surface area contributed by atoms with Crippen molar-refractivity contribution in [2.24, 2.45) is 0 Å². The molecule has 15 heteroatoms. The molecular formula is C29H49NO14. The summed E-state index contributed by atoms with van der Waals surface area (Å²) in [5, 5.41) is 10.6. The molecule has 1 aromatic carbocycles. The minimum Gasteiger partial charge on any atom is -0.491 e. The van der Waals surface area contributed by atoms with Crippen molar-refractivity contribution in [3.63, 3.8) is 0 Å². The molecule has 44 heavy (non-hydrogen) atoms. The first-order chi connectivity index (χ1) is 21.6. The van der Waals surface area contributed by atoms with E-state index >= 15 is 0 Å². The Morgan fingerprint density at radius 3 is 1.18 bits per heavy atom. The molecule has 0 saturated carbocycles. The summed E-state index contributed by atoms with van der Waals surface area (Å²) in [4.78, 5) is 21.3. The lowest BCUT2D eigenvalue weighted by Crippen LogP contribution is -2.15. The molecular weight excluding hydrogens is 586 g/mol. The Labute approximate surface area is 259 Å². The summed E-state index contributed by atoms with van der Waals surface area (Å²) in [6.45, 7) is 10.6. The molecule has 0 spiro atoms. The second kappa shape index (κ2) is 30.6. The minimum atomic E-state index is -0.455. The molecule has 0 fully saturated rings. The number of nitro groups is 1. The largest absolute Gasteiger partial charge is 0.491 e. The third kappa shape index (κ3) is 26.0. The van der Waals surface area contributed by atoms with Crippen molar-refractivity contribution in [2.75, 3.05) is 132 Å². The van der Waals surface area contributed by atoms with Gasteiger partial charge in [-0.25, -0.2) is 0 Å². The van der Waals surface area contributed by atoms with Crippen LogP contribution in [0.15, 0.2) is 24.3 Å². The Bertz CT molecular complexity index is 799. The second-order valence-electron chi connectivity index (χ2n) is 8.67. The van der Waals surface area contributed by atoms with Gasteiger partial charge in [-0.2, -0.15) is 0 Å². The highest BCUT2D eigenvalue weighted by molar-refractivity contribution is 5.69. The summed E-state index contributed by atoms with van der Waals surface area (Å²) in [5.41, 5.74) is 0.0229. The average Bonchev–Trinajstić information content (AvgIpc) is 3.02. The van der Waals surface area contributed by atoms with Crippen LogP contribution in [0, 0.1) is 10.1 Å². The van der Waals surface area contributed by atoms with E-state index in [4.69, 9.17) is 52.1 Å². The van der Waals surface area contributed by atoms with Gasteiger partial charge < -0.3 is 52.1 Å². The van der Waals surface area contributed by atoms with Crippen molar-refractivity contribution < 1.29 is 61.8 Å². The number of ether oxygens (including phenoxy) is 11. The van der Waals surface area contributed by atoms with Crippen molar-refractivity contribution in [3.8, 4) is 5.75 Å². The number of hydrogen-bond donors (Lipinski definition) is 0. The van der Waals surface area contributed by atoms with Gasteiger partial charge in [-0.05, 0) is 19.1 Å². The molecule has 0 atom stereocenters. The smallest absolute Gasteiger partial charge is 0.308 e. The maximum absolute atomic E-state index is 11.1. The van der Waals surface area contributed by atoms with E-state index in [0.717, 1.165) is 0 Å². The normalized spacial score (nSPS) is 11.1. The minimum absolute atomic E-state index is 0.0229. The highest BCUT2D eigenvalue weighted by Crippen LogP contribution is 2.17. The van der Waals surface area contributed by atoms with Crippen LogP contribution in [-0.4, -0.2) is 143 Å². The fourth-order valence-corrected chi connectivity index (χ4v) is 3.13. The third-order valence-corrected chi connectivity index (χ3v) is 5.28. The van der Waals surface area contributed by atoms with Crippen molar-refractivity contribution >= 4 is 11.7 Å². The topological polar surface area (TPSA) is 162 Å². The molecule has 15 nitrogen and oxygen atoms in total. The Balaban J connectivity index is 1.67. The van der Waals surface area contributed by atoms with Gasteiger partial charge in [0.05, 0.1) is 137 Å². The van der Waals surface area contributed by atoms with Crippen LogP contribution in [-0.2, 0) is 52.2 Å². The predicted molar refractivity (Wildman–Crippen MR) is 157 cm³/mol. The fraction of sp³-hybridized carbons (Fsp3) is 0.759. The molecule has 0 aromatic heterocycles. The summed E-state index contributed by atoms with van der Waals surface area (Å²) < 4.78 is 59.0. The Morgan fingerprint density at radius 1 is 0.545 bits per heavy atom. The van der Waals surface area contributed by atoms with Gasteiger partial charge in [0.1, 0.15) is 12.4 Å². The van der Waals surface area contributed by atoms with Crippen LogP contribution >= 0.6 is 0 Å². The van der Waals surface area contributed by atoms with Crippen molar-refractivity contribution in [1.82, 2.24) is 0 Å². The summed E-state index contributed by atoms with van der Waals surface area (Å²) in [7, 11) is 0. The standard InChI is InChI=1S/C29H49NO14/c1-2-43-29(31)7-8-34-9-10-35-11-12-36-13-14-37-15-16-38-17-18-39-19-20-40-21-22-41-23-24-42-25-26-44-28-5-3-27(4-6-28)30(32)33/h3-6H,2,7-26H2,1H3. The van der Waals surface area contributed by atoms with E-state index in [0.29, 0.717) is 138 Å². The monoisotopic (exact) mass is 635 g/mol. The number of benzene rings is 1. The second-order valence-corrected chi connectivity index (χ2v) is 8.67. The number of carbonyl (C=O) groups is 1. The van der Waals surface area contributed by atoms with Crippen LogP contribution in [0.5, 0.6) is 5.75 Å². The van der Waals surface area contributed by atoms with Crippen LogP contribution in [0.4, 0.5) is 5.69 Å². The molecule has 0 aliphatic carbocycles. The van der Waals surface area contributed by atoms with Crippen LogP contribution < -0.4 is 4.74 Å². The number of nitro benzene ring substituents is 1. The lowest BCUT2D eigenvalue weighted by molar-refractivity contribution is -0.384. The SMILES string of the molecule is CCOC(=O)CCOCCOCCOCCOCCOCCOCCOCCOCCOCCOc1ccc([N+](=O)[O-])cc1. The van der Waals surface area contributed by atoms with E-state index in [1.807, 2.05) is 0 Å². The zero-order chi connectivity index (χ0) is 31.8. The zero-order valence-corrected chi connectivity index (χ0v) is 25.8. The van der Waals surface area contributed by atoms with Crippen LogP contribution in [0.2, 0.25) is 0 Å². The summed E-state index contributed by atoms with van der Waals surface area (Å²) >= 11 is 0. The molecule has 1 aromatic rings. The summed E-state index contributed by atoms with van der Waals surface area (Å²) in [6.07, 6.45) is 0.249. The van der Waals surface area contributed by atoms with Gasteiger partial charge >= 0.3 is 5.97 Å². The van der Waals surface area contributed by atoms with Gasteiger partial charge in [-0.3, -0.25) is 14.9 Å². The first kappa shape index (κ1) is 39.6. The lowest BCUT2D eigenvalue weighted by atomic mass is 10.3. The molecule has 0 amide bonds. The van der Waals surface area contributed by atoms with Gasteiger partial charge in [0.2, 0.25) is 0 Å². The molecule has 0 radical (unpaired) electrons. The Kier molecular flexibility index (Phi) is 27.5. The number of non-ortho nitro benzene ring substituents is 1. The Hall–Kier alpha value is -2.47. The first-order valence-electron chi connectivity index (χ1n) is 14.9. The molecule has 0 N–H and O–H groups in total. The molecule has 254 valence electrons. The maximum atomic E-state index is 11.1. The fourth-order valence-electron chi connectivity index (χ4n) is 3.13. The van der Waals surface area contributed by atoms with Crippen LogP contribution in [0.3, 0.4) is 0 Å². The highest BCUT2D eigenvalue weighted by atomic mass is 16.6. The van der Waals surface area contributed by atoms with Crippen molar-refractivity contribution in [2.45, 2.75) is 13.3 Å². The number of nitrogens with zero attached hydrogens (tertiary/aromatic N) is 1. The van der Waals surface area contributed by atoms with E-state index in [-0.39, 0.29) is 18.1 Å². The van der Waals surface area contributed by atoms with E-state index in [1.54, 1.807) is 19.1 Å². The van der Waals surface area contributed by atoms with Gasteiger partial charge in [0, 0.05) is 12.1 Å². The number of esters is 1. The third-order valence-electron chi connectivity index (χ3n) is 5.28. The molecule has 0 saturated heterocycles. The van der Waals surface area contributed by atoms with Crippen molar-refractivity contribution in [3.05, 3.63) is 34.4 Å². The van der Waals surface area contributed by atoms with Crippen molar-refractivity contribution in [1.29, 1.82) is 0 Å². The van der Waals surface area contributed by atoms with Gasteiger partial charge in [-0.15, -0.1) is 0 Å². The number of carbonyl (C=O) groups excluding carboxylic acids is 1. The quantitative estimate of drug-likeness (QED) is 0.0477. The predicted octanol–water partition coefficient (Wildman–Crippen LogP) is 2.08. The van der Waals surface area contributed by atoms with E-state index in [1.165, 1.54) is 12.1 Å². The number of rotatable bonds is 33. The maximum Gasteiger partial charge on any atom is 0.308 e. The molecule has 1 rings (SSSR count). The average molecular weight is 636 g/mol. The molecule has 0 aliphatic heterocycles. The molecule has 0 bridgehead atoms. The van der Waals surface area contributed by atoms with Crippen LogP contribution in [0.25, 0.3) is 0 Å². The van der Waals surface area contributed by atoms with E-state index in [9.17, 15) is 14.9 Å². The molecule has 0 heterocycles. The van der Waals surface area contributed by atoms with E-state index in [2.05, 4.69) is 0 Å². The number of hydrogen-bond acceptors (Lipinski definition) is 14. The summed E-state index contributed by atoms with van der Waals surface area (Å²) in [5.74, 6) is 0.295. The highest BCUT2D eigenvalue weighted by Gasteiger charge is 2.04. The summed E-state index contributed by atoms with van der Waals surface area (Å²) in [6, 6.07) is 5.90. The molecule has 0 unspecified atom stereocenters. The Morgan fingerprint density at radius 2 is 0.864 bits per heavy atom. The van der Waals surface area contributed by atoms with E-state index < -0.39 is 4.92 Å².